The lowest BCUT2D eigenvalue weighted by Crippen LogP contribution is -1.89. The summed E-state index contributed by atoms with van der Waals surface area (Å²) >= 11 is 3.51. The standard InChI is InChI=1S/C22H20N2S2/c1-15(2)17-10-8-16(9-11-17)13-25-21-19-12-20(18-6-4-3-5-7-18)26-22(19)24-14-23-21/h3-12,14-15H,13H2,1-2H3. The normalized spacial score (nSPS) is 11.3. The van der Waals surface area contributed by atoms with E-state index in [1.54, 1.807) is 29.4 Å². The number of hydrogen-bond donors (Lipinski definition) is 0. The van der Waals surface area contributed by atoms with Crippen molar-refractivity contribution in [3.63, 3.8) is 0 Å². The van der Waals surface area contributed by atoms with Gasteiger partial charge in [-0.15, -0.1) is 23.1 Å². The van der Waals surface area contributed by atoms with Gasteiger partial charge in [-0.3, -0.25) is 0 Å². The topological polar surface area (TPSA) is 25.8 Å². The SMILES string of the molecule is CC(C)c1ccc(CSc2ncnc3sc(-c4ccccc4)cc23)cc1. The van der Waals surface area contributed by atoms with Gasteiger partial charge in [0.15, 0.2) is 0 Å². The number of hydrogen-bond acceptors (Lipinski definition) is 4. The highest BCUT2D eigenvalue weighted by Gasteiger charge is 2.11. The maximum atomic E-state index is 4.53. The highest BCUT2D eigenvalue weighted by molar-refractivity contribution is 7.98. The van der Waals surface area contributed by atoms with Gasteiger partial charge in [0.25, 0.3) is 0 Å². The predicted molar refractivity (Wildman–Crippen MR) is 113 cm³/mol. The number of fused-ring (bicyclic) bond motifs is 1. The second-order valence-electron chi connectivity index (χ2n) is 6.56. The third kappa shape index (κ3) is 3.67. The van der Waals surface area contributed by atoms with Gasteiger partial charge < -0.3 is 0 Å². The van der Waals surface area contributed by atoms with Gasteiger partial charge in [0.2, 0.25) is 0 Å². The van der Waals surface area contributed by atoms with Crippen LogP contribution in [0.1, 0.15) is 30.9 Å². The van der Waals surface area contributed by atoms with Gasteiger partial charge in [0, 0.05) is 16.0 Å². The quantitative estimate of drug-likeness (QED) is 0.284. The monoisotopic (exact) mass is 376 g/mol. The van der Waals surface area contributed by atoms with E-state index in [9.17, 15) is 0 Å². The van der Waals surface area contributed by atoms with E-state index in [0.29, 0.717) is 5.92 Å². The molecule has 2 aromatic heterocycles. The van der Waals surface area contributed by atoms with Crippen LogP contribution in [0.25, 0.3) is 20.7 Å². The largest absolute Gasteiger partial charge is 0.229 e. The van der Waals surface area contributed by atoms with Crippen LogP contribution in [-0.4, -0.2) is 9.97 Å². The zero-order valence-electron chi connectivity index (χ0n) is 14.8. The second kappa shape index (κ2) is 7.60. The first-order chi connectivity index (χ1) is 12.7. The minimum absolute atomic E-state index is 0.570. The first-order valence-corrected chi connectivity index (χ1v) is 10.5. The van der Waals surface area contributed by atoms with Crippen LogP contribution in [0.15, 0.2) is 72.0 Å². The van der Waals surface area contributed by atoms with E-state index in [0.717, 1.165) is 21.0 Å². The first-order valence-electron chi connectivity index (χ1n) is 8.72. The smallest absolute Gasteiger partial charge is 0.128 e. The minimum Gasteiger partial charge on any atom is -0.229 e. The first kappa shape index (κ1) is 17.3. The van der Waals surface area contributed by atoms with Crippen molar-refractivity contribution in [2.24, 2.45) is 0 Å². The molecule has 0 saturated carbocycles. The molecule has 4 heteroatoms. The third-order valence-electron chi connectivity index (χ3n) is 4.37. The maximum Gasteiger partial charge on any atom is 0.128 e. The Morgan fingerprint density at radius 3 is 2.46 bits per heavy atom. The molecule has 0 aliphatic heterocycles. The molecular formula is C22H20N2S2. The lowest BCUT2D eigenvalue weighted by Gasteiger charge is -2.07. The Kier molecular flexibility index (Phi) is 5.05. The molecule has 0 aliphatic carbocycles. The molecule has 130 valence electrons. The number of rotatable bonds is 5. The van der Waals surface area contributed by atoms with Crippen molar-refractivity contribution in [1.82, 2.24) is 9.97 Å². The third-order valence-corrected chi connectivity index (χ3v) is 6.54. The van der Waals surface area contributed by atoms with Gasteiger partial charge >= 0.3 is 0 Å². The Balaban J connectivity index is 1.57. The Labute approximate surface area is 162 Å². The van der Waals surface area contributed by atoms with Gasteiger partial charge in [-0.2, -0.15) is 0 Å². The van der Waals surface area contributed by atoms with Gasteiger partial charge in [-0.1, -0.05) is 68.4 Å². The fourth-order valence-electron chi connectivity index (χ4n) is 2.84. The van der Waals surface area contributed by atoms with E-state index in [4.69, 9.17) is 0 Å². The summed E-state index contributed by atoms with van der Waals surface area (Å²) in [6.45, 7) is 4.45. The Morgan fingerprint density at radius 2 is 1.73 bits per heavy atom. The summed E-state index contributed by atoms with van der Waals surface area (Å²) in [5.74, 6) is 1.49. The second-order valence-corrected chi connectivity index (χ2v) is 8.55. The number of benzene rings is 2. The molecular weight excluding hydrogens is 356 g/mol. The molecule has 2 aromatic carbocycles. The summed E-state index contributed by atoms with van der Waals surface area (Å²) in [5, 5.41) is 2.21. The van der Waals surface area contributed by atoms with Crippen molar-refractivity contribution >= 4 is 33.3 Å². The van der Waals surface area contributed by atoms with Gasteiger partial charge in [0.1, 0.15) is 16.2 Å². The van der Waals surface area contributed by atoms with Gasteiger partial charge in [-0.05, 0) is 28.7 Å². The predicted octanol–water partition coefficient (Wildman–Crippen LogP) is 6.77. The van der Waals surface area contributed by atoms with Crippen LogP contribution in [0.4, 0.5) is 0 Å². The Morgan fingerprint density at radius 1 is 0.962 bits per heavy atom. The summed E-state index contributed by atoms with van der Waals surface area (Å²) in [5.41, 5.74) is 3.94. The van der Waals surface area contributed by atoms with Gasteiger partial charge in [-0.25, -0.2) is 9.97 Å². The fraction of sp³-hybridized carbons (Fsp3) is 0.182. The molecule has 0 spiro atoms. The molecule has 0 aliphatic rings. The van der Waals surface area contributed by atoms with E-state index in [-0.39, 0.29) is 0 Å². The molecule has 0 radical (unpaired) electrons. The molecule has 26 heavy (non-hydrogen) atoms. The number of thiophene rings is 1. The Bertz CT molecular complexity index is 1010. The van der Waals surface area contributed by atoms with Crippen LogP contribution in [0.2, 0.25) is 0 Å². The molecule has 0 unspecified atom stereocenters. The summed E-state index contributed by atoms with van der Waals surface area (Å²) in [6, 6.07) is 21.6. The lowest BCUT2D eigenvalue weighted by molar-refractivity contribution is 0.866. The Hall–Kier alpha value is -2.17. The zero-order valence-corrected chi connectivity index (χ0v) is 16.5. The van der Waals surface area contributed by atoms with E-state index in [2.05, 4.69) is 78.4 Å². The van der Waals surface area contributed by atoms with Crippen LogP contribution in [0.3, 0.4) is 0 Å². The van der Waals surface area contributed by atoms with Crippen LogP contribution in [0, 0.1) is 0 Å². The lowest BCUT2D eigenvalue weighted by atomic mass is 10.0. The molecule has 0 amide bonds. The molecule has 2 nitrogen and oxygen atoms in total. The van der Waals surface area contributed by atoms with E-state index in [1.165, 1.54) is 21.6 Å². The number of nitrogens with zero attached hydrogens (tertiary/aromatic N) is 2. The number of aromatic nitrogens is 2. The zero-order chi connectivity index (χ0) is 17.9. The van der Waals surface area contributed by atoms with Crippen LogP contribution < -0.4 is 0 Å². The highest BCUT2D eigenvalue weighted by atomic mass is 32.2. The molecule has 4 rings (SSSR count). The van der Waals surface area contributed by atoms with Crippen molar-refractivity contribution in [3.05, 3.63) is 78.1 Å². The average Bonchev–Trinajstić information content (AvgIpc) is 3.12. The van der Waals surface area contributed by atoms with Gasteiger partial charge in [0.05, 0.1) is 0 Å². The summed E-state index contributed by atoms with van der Waals surface area (Å²) in [4.78, 5) is 11.3. The summed E-state index contributed by atoms with van der Waals surface area (Å²) in [6.07, 6.45) is 1.68. The molecule has 4 aromatic rings. The molecule has 0 atom stereocenters. The summed E-state index contributed by atoms with van der Waals surface area (Å²) in [7, 11) is 0. The average molecular weight is 377 g/mol. The number of thioether (sulfide) groups is 1. The van der Waals surface area contributed by atoms with Crippen LogP contribution >= 0.6 is 23.1 Å². The summed E-state index contributed by atoms with van der Waals surface area (Å²) < 4.78 is 0. The van der Waals surface area contributed by atoms with E-state index in [1.807, 2.05) is 6.07 Å². The fourth-order valence-corrected chi connectivity index (χ4v) is 4.84. The highest BCUT2D eigenvalue weighted by Crippen LogP contribution is 2.36. The van der Waals surface area contributed by atoms with E-state index < -0.39 is 0 Å². The molecule has 0 bridgehead atoms. The molecule has 0 saturated heterocycles. The van der Waals surface area contributed by atoms with Crippen molar-refractivity contribution in [2.75, 3.05) is 0 Å². The minimum atomic E-state index is 0.570. The molecule has 0 fully saturated rings. The molecule has 2 heterocycles. The van der Waals surface area contributed by atoms with E-state index >= 15 is 0 Å². The van der Waals surface area contributed by atoms with Crippen LogP contribution in [-0.2, 0) is 5.75 Å². The molecule has 0 N–H and O–H groups in total. The maximum absolute atomic E-state index is 4.53. The van der Waals surface area contributed by atoms with Crippen molar-refractivity contribution in [2.45, 2.75) is 30.5 Å². The van der Waals surface area contributed by atoms with Crippen molar-refractivity contribution in [1.29, 1.82) is 0 Å². The van der Waals surface area contributed by atoms with Crippen molar-refractivity contribution in [3.8, 4) is 10.4 Å². The van der Waals surface area contributed by atoms with Crippen LogP contribution in [0.5, 0.6) is 0 Å². The van der Waals surface area contributed by atoms with Crippen molar-refractivity contribution < 1.29 is 0 Å².